The second kappa shape index (κ2) is 7.31. The van der Waals surface area contributed by atoms with Gasteiger partial charge in [-0.15, -0.1) is 0 Å². The van der Waals surface area contributed by atoms with Crippen LogP contribution in [0.4, 0.5) is 4.79 Å². The van der Waals surface area contributed by atoms with E-state index in [1.54, 1.807) is 0 Å². The van der Waals surface area contributed by atoms with Crippen molar-refractivity contribution in [3.8, 4) is 0 Å². The number of ether oxygens (including phenoxy) is 1. The van der Waals surface area contributed by atoms with Crippen molar-refractivity contribution in [2.75, 3.05) is 0 Å². The number of carbonyl (C=O) groups excluding carboxylic acids is 1. The zero-order valence-electron chi connectivity index (χ0n) is 11.2. The molecule has 2 amide bonds. The first-order valence-electron chi connectivity index (χ1n) is 6.47. The molecular weight excluding hydrogens is 252 g/mol. The molecule has 4 nitrogen and oxygen atoms in total. The third kappa shape index (κ3) is 4.74. The van der Waals surface area contributed by atoms with Crippen LogP contribution in [0, 0.1) is 0 Å². The van der Waals surface area contributed by atoms with E-state index in [4.69, 9.17) is 10.5 Å². The van der Waals surface area contributed by atoms with E-state index in [1.165, 1.54) is 0 Å². The van der Waals surface area contributed by atoms with E-state index in [1.807, 2.05) is 54.6 Å². The number of carbonyl (C=O) groups is 1. The van der Waals surface area contributed by atoms with Crippen molar-refractivity contribution in [3.63, 3.8) is 0 Å². The second-order valence-electron chi connectivity index (χ2n) is 4.52. The Labute approximate surface area is 118 Å². The third-order valence-electron chi connectivity index (χ3n) is 2.84. The summed E-state index contributed by atoms with van der Waals surface area (Å²) in [6.45, 7) is 1.56. The maximum absolute atomic E-state index is 10.7. The molecule has 20 heavy (non-hydrogen) atoms. The van der Waals surface area contributed by atoms with Gasteiger partial charge in [-0.3, -0.25) is 0 Å². The summed E-state index contributed by atoms with van der Waals surface area (Å²) < 4.78 is 5.67. The molecule has 2 rings (SSSR count). The summed E-state index contributed by atoms with van der Waals surface area (Å²) in [6.07, 6.45) is 0. The Morgan fingerprint density at radius 2 is 1.60 bits per heavy atom. The number of hydrogen-bond donors (Lipinski definition) is 2. The smallest absolute Gasteiger partial charge is 0.312 e. The molecule has 0 fully saturated rings. The number of amides is 2. The lowest BCUT2D eigenvalue weighted by Gasteiger charge is -2.07. The summed E-state index contributed by atoms with van der Waals surface area (Å²) in [6, 6.07) is 17.4. The van der Waals surface area contributed by atoms with Gasteiger partial charge in [0.15, 0.2) is 0 Å². The molecule has 0 aliphatic rings. The minimum atomic E-state index is -0.518. The quantitative estimate of drug-likeness (QED) is 0.847. The molecule has 2 aromatic rings. The molecular formula is C16H18N2O2. The minimum Gasteiger partial charge on any atom is -0.372 e. The maximum Gasteiger partial charge on any atom is 0.312 e. The summed E-state index contributed by atoms with van der Waals surface area (Å²) in [5, 5.41) is 2.57. The standard InChI is InChI=1S/C16H18N2O2/c17-16(19)18-10-14-7-4-8-15(9-14)12-20-11-13-5-2-1-3-6-13/h1-9H,10-12H2,(H3,17,18,19). The highest BCUT2D eigenvalue weighted by molar-refractivity contribution is 5.71. The van der Waals surface area contributed by atoms with E-state index in [0.29, 0.717) is 19.8 Å². The largest absolute Gasteiger partial charge is 0.372 e. The fourth-order valence-corrected chi connectivity index (χ4v) is 1.88. The van der Waals surface area contributed by atoms with E-state index in [0.717, 1.165) is 16.7 Å². The van der Waals surface area contributed by atoms with Crippen LogP contribution in [0.1, 0.15) is 16.7 Å². The Balaban J connectivity index is 1.83. The van der Waals surface area contributed by atoms with Gasteiger partial charge in [0.05, 0.1) is 13.2 Å². The predicted octanol–water partition coefficient (Wildman–Crippen LogP) is 2.57. The summed E-state index contributed by atoms with van der Waals surface area (Å²) in [4.78, 5) is 10.7. The van der Waals surface area contributed by atoms with Crippen LogP contribution in [0.25, 0.3) is 0 Å². The molecule has 0 unspecified atom stereocenters. The molecule has 0 spiro atoms. The minimum absolute atomic E-state index is 0.432. The second-order valence-corrected chi connectivity index (χ2v) is 4.52. The maximum atomic E-state index is 10.7. The van der Waals surface area contributed by atoms with E-state index in [9.17, 15) is 4.79 Å². The van der Waals surface area contributed by atoms with Crippen LogP contribution in [-0.4, -0.2) is 6.03 Å². The van der Waals surface area contributed by atoms with Crippen molar-refractivity contribution in [1.29, 1.82) is 0 Å². The Morgan fingerprint density at radius 1 is 0.950 bits per heavy atom. The summed E-state index contributed by atoms with van der Waals surface area (Å²) in [7, 11) is 0. The Kier molecular flexibility index (Phi) is 5.15. The molecule has 0 heterocycles. The van der Waals surface area contributed by atoms with Gasteiger partial charge >= 0.3 is 6.03 Å². The van der Waals surface area contributed by atoms with Gasteiger partial charge in [0.1, 0.15) is 0 Å². The number of nitrogens with two attached hydrogens (primary N) is 1. The summed E-state index contributed by atoms with van der Waals surface area (Å²) >= 11 is 0. The van der Waals surface area contributed by atoms with Crippen LogP contribution in [-0.2, 0) is 24.5 Å². The fraction of sp³-hybridized carbons (Fsp3) is 0.188. The number of urea groups is 1. The molecule has 3 N–H and O–H groups in total. The van der Waals surface area contributed by atoms with E-state index in [2.05, 4.69) is 5.32 Å². The fourth-order valence-electron chi connectivity index (χ4n) is 1.88. The zero-order valence-corrected chi connectivity index (χ0v) is 11.2. The highest BCUT2D eigenvalue weighted by atomic mass is 16.5. The lowest BCUT2D eigenvalue weighted by Crippen LogP contribution is -2.28. The number of primary amides is 1. The lowest BCUT2D eigenvalue weighted by molar-refractivity contribution is 0.107. The average Bonchev–Trinajstić information content (AvgIpc) is 2.47. The SMILES string of the molecule is NC(=O)NCc1cccc(COCc2ccccc2)c1. The summed E-state index contributed by atoms with van der Waals surface area (Å²) in [5.41, 5.74) is 8.28. The number of hydrogen-bond acceptors (Lipinski definition) is 2. The number of nitrogens with one attached hydrogen (secondary N) is 1. The van der Waals surface area contributed by atoms with Gasteiger partial charge in [-0.2, -0.15) is 0 Å². The van der Waals surface area contributed by atoms with Gasteiger partial charge in [-0.25, -0.2) is 4.79 Å². The monoisotopic (exact) mass is 270 g/mol. The first-order chi connectivity index (χ1) is 9.74. The predicted molar refractivity (Wildman–Crippen MR) is 77.8 cm³/mol. The van der Waals surface area contributed by atoms with Crippen molar-refractivity contribution in [2.45, 2.75) is 19.8 Å². The van der Waals surface area contributed by atoms with Crippen molar-refractivity contribution in [2.24, 2.45) is 5.73 Å². The van der Waals surface area contributed by atoms with Crippen molar-refractivity contribution in [1.82, 2.24) is 5.32 Å². The Morgan fingerprint density at radius 3 is 2.35 bits per heavy atom. The normalized spacial score (nSPS) is 10.2. The molecule has 104 valence electrons. The topological polar surface area (TPSA) is 64.4 Å². The average molecular weight is 270 g/mol. The molecule has 0 bridgehead atoms. The molecule has 0 saturated heterocycles. The number of rotatable bonds is 6. The van der Waals surface area contributed by atoms with Gasteiger partial charge in [0, 0.05) is 6.54 Å². The van der Waals surface area contributed by atoms with Crippen LogP contribution in [0.3, 0.4) is 0 Å². The molecule has 0 radical (unpaired) electrons. The van der Waals surface area contributed by atoms with E-state index < -0.39 is 6.03 Å². The zero-order chi connectivity index (χ0) is 14.2. The van der Waals surface area contributed by atoms with Gasteiger partial charge in [-0.05, 0) is 16.7 Å². The molecule has 0 aliphatic heterocycles. The Hall–Kier alpha value is -2.33. The molecule has 0 aromatic heterocycles. The molecule has 0 saturated carbocycles. The van der Waals surface area contributed by atoms with Crippen LogP contribution in [0.2, 0.25) is 0 Å². The molecule has 4 heteroatoms. The first-order valence-corrected chi connectivity index (χ1v) is 6.47. The van der Waals surface area contributed by atoms with Gasteiger partial charge in [0.25, 0.3) is 0 Å². The van der Waals surface area contributed by atoms with E-state index in [-0.39, 0.29) is 0 Å². The molecule has 0 atom stereocenters. The van der Waals surface area contributed by atoms with Gasteiger partial charge < -0.3 is 15.8 Å². The van der Waals surface area contributed by atoms with Crippen LogP contribution in [0.15, 0.2) is 54.6 Å². The van der Waals surface area contributed by atoms with Crippen molar-refractivity contribution < 1.29 is 9.53 Å². The molecule has 2 aromatic carbocycles. The van der Waals surface area contributed by atoms with Gasteiger partial charge in [-0.1, -0.05) is 54.6 Å². The van der Waals surface area contributed by atoms with Crippen LogP contribution < -0.4 is 11.1 Å². The van der Waals surface area contributed by atoms with Crippen molar-refractivity contribution >= 4 is 6.03 Å². The van der Waals surface area contributed by atoms with Crippen molar-refractivity contribution in [3.05, 3.63) is 71.3 Å². The third-order valence-corrected chi connectivity index (χ3v) is 2.84. The highest BCUT2D eigenvalue weighted by Crippen LogP contribution is 2.08. The lowest BCUT2D eigenvalue weighted by atomic mass is 10.1. The highest BCUT2D eigenvalue weighted by Gasteiger charge is 1.99. The van der Waals surface area contributed by atoms with Crippen LogP contribution >= 0.6 is 0 Å². The van der Waals surface area contributed by atoms with Crippen LogP contribution in [0.5, 0.6) is 0 Å². The summed E-state index contributed by atoms with van der Waals surface area (Å²) in [5.74, 6) is 0. The van der Waals surface area contributed by atoms with E-state index >= 15 is 0 Å². The first kappa shape index (κ1) is 14.1. The Bertz CT molecular complexity index is 555. The van der Waals surface area contributed by atoms with Gasteiger partial charge in [0.2, 0.25) is 0 Å². The number of benzene rings is 2. The molecule has 0 aliphatic carbocycles.